The van der Waals surface area contributed by atoms with Crippen LogP contribution in [0, 0.1) is 0 Å². The number of nitrogens with zero attached hydrogens (tertiary/aromatic N) is 6. The quantitative estimate of drug-likeness (QED) is 0.559. The van der Waals surface area contributed by atoms with Crippen LogP contribution >= 0.6 is 11.6 Å². The summed E-state index contributed by atoms with van der Waals surface area (Å²) in [5.41, 5.74) is 3.38. The Hall–Kier alpha value is -3.47. The first-order valence-electron chi connectivity index (χ1n) is 7.60. The van der Waals surface area contributed by atoms with Crippen LogP contribution < -0.4 is 22.7 Å². The smallest absolute Gasteiger partial charge is 0.368 e. The third-order valence-electron chi connectivity index (χ3n) is 4.00. The van der Waals surface area contributed by atoms with Gasteiger partial charge in [0, 0.05) is 14.1 Å². The number of carbonyl (C=O) groups excluding carboxylic acids is 1. The Kier molecular flexibility index (Phi) is 4.54. The van der Waals surface area contributed by atoms with Crippen LogP contribution in [-0.4, -0.2) is 34.7 Å². The average molecular weight is 392 g/mol. The molecule has 140 valence electrons. The van der Waals surface area contributed by atoms with Crippen LogP contribution in [0.1, 0.15) is 10.4 Å². The van der Waals surface area contributed by atoms with Crippen molar-refractivity contribution in [3.63, 3.8) is 0 Å². The molecule has 2 aromatic heterocycles. The lowest BCUT2D eigenvalue weighted by molar-refractivity contribution is 0.0963. The van der Waals surface area contributed by atoms with Crippen molar-refractivity contribution in [3.8, 4) is 5.69 Å². The average Bonchev–Trinajstić information content (AvgIpc) is 2.99. The minimum absolute atomic E-state index is 0.272. The van der Waals surface area contributed by atoms with Gasteiger partial charge in [-0.3, -0.25) is 18.7 Å². The molecule has 3 aromatic rings. The number of carbonyl (C=O) groups is 1. The van der Waals surface area contributed by atoms with Crippen LogP contribution in [0.4, 0.5) is 5.82 Å². The second-order valence-corrected chi connectivity index (χ2v) is 6.08. The Morgan fingerprint density at radius 3 is 2.41 bits per heavy atom. The summed E-state index contributed by atoms with van der Waals surface area (Å²) in [6.07, 6.45) is 0. The van der Waals surface area contributed by atoms with Gasteiger partial charge in [-0.1, -0.05) is 23.7 Å². The zero-order chi connectivity index (χ0) is 19.9. The van der Waals surface area contributed by atoms with E-state index in [1.165, 1.54) is 14.1 Å². The summed E-state index contributed by atoms with van der Waals surface area (Å²) < 4.78 is 3.43. The number of benzene rings is 1. The third-order valence-corrected chi connectivity index (χ3v) is 4.32. The standard InChI is InChI=1S/C15H14ClN7O4/c1-20-12(17)11(13(25)21(2)14(20)26)10(24)7-22-15(27)23(19-18-22)9-6-4-3-5-8(9)16/h3-6H,7,17H2,1-2H3. The Labute approximate surface area is 155 Å². The second-order valence-electron chi connectivity index (χ2n) is 5.67. The Balaban J connectivity index is 2.03. The highest BCUT2D eigenvalue weighted by Crippen LogP contribution is 2.16. The lowest BCUT2D eigenvalue weighted by Crippen LogP contribution is -2.42. The number of nitrogens with two attached hydrogens (primary N) is 1. The van der Waals surface area contributed by atoms with Crippen LogP contribution in [0.25, 0.3) is 5.69 Å². The van der Waals surface area contributed by atoms with Crippen LogP contribution in [0.2, 0.25) is 5.02 Å². The molecule has 0 saturated heterocycles. The largest absolute Gasteiger partial charge is 0.384 e. The van der Waals surface area contributed by atoms with Crippen LogP contribution in [0.15, 0.2) is 38.6 Å². The van der Waals surface area contributed by atoms with Crippen LogP contribution in [0.5, 0.6) is 0 Å². The van der Waals surface area contributed by atoms with Crippen molar-refractivity contribution in [1.29, 1.82) is 0 Å². The van der Waals surface area contributed by atoms with Gasteiger partial charge in [-0.05, 0) is 22.6 Å². The van der Waals surface area contributed by atoms with E-state index in [4.69, 9.17) is 17.3 Å². The normalized spacial score (nSPS) is 10.9. The van der Waals surface area contributed by atoms with Crippen LogP contribution in [-0.2, 0) is 20.6 Å². The number of tetrazole rings is 1. The van der Waals surface area contributed by atoms with Gasteiger partial charge in [0.2, 0.25) is 0 Å². The first-order valence-corrected chi connectivity index (χ1v) is 7.98. The lowest BCUT2D eigenvalue weighted by Gasteiger charge is -2.10. The molecule has 0 aliphatic rings. The third kappa shape index (κ3) is 2.97. The first-order chi connectivity index (χ1) is 12.7. The first kappa shape index (κ1) is 18.3. The number of hydrogen-bond acceptors (Lipinski definition) is 7. The second kappa shape index (κ2) is 6.68. The molecule has 2 heterocycles. The van der Waals surface area contributed by atoms with Gasteiger partial charge in [0.15, 0.2) is 5.78 Å². The molecule has 0 radical (unpaired) electrons. The monoisotopic (exact) mass is 391 g/mol. The Morgan fingerprint density at radius 1 is 1.07 bits per heavy atom. The summed E-state index contributed by atoms with van der Waals surface area (Å²) in [5, 5.41) is 7.61. The molecule has 0 amide bonds. The van der Waals surface area contributed by atoms with E-state index in [-0.39, 0.29) is 10.8 Å². The molecule has 0 unspecified atom stereocenters. The molecule has 2 N–H and O–H groups in total. The minimum Gasteiger partial charge on any atom is -0.384 e. The van der Waals surface area contributed by atoms with Gasteiger partial charge in [-0.25, -0.2) is 9.59 Å². The topological polar surface area (TPSA) is 140 Å². The van der Waals surface area contributed by atoms with Crippen molar-refractivity contribution in [2.75, 3.05) is 5.73 Å². The van der Waals surface area contributed by atoms with E-state index in [9.17, 15) is 19.2 Å². The van der Waals surface area contributed by atoms with Crippen molar-refractivity contribution in [2.24, 2.45) is 14.1 Å². The van der Waals surface area contributed by atoms with Gasteiger partial charge in [0.1, 0.15) is 17.9 Å². The molecule has 1 aromatic carbocycles. The SMILES string of the molecule is Cn1c(N)c(C(=O)Cn2nnn(-c3ccccc3Cl)c2=O)c(=O)n(C)c1=O. The highest BCUT2D eigenvalue weighted by Gasteiger charge is 2.22. The summed E-state index contributed by atoms with van der Waals surface area (Å²) in [4.78, 5) is 49.1. The van der Waals surface area contributed by atoms with Gasteiger partial charge in [0.05, 0.1) is 10.7 Å². The number of para-hydroxylation sites is 1. The van der Waals surface area contributed by atoms with Gasteiger partial charge in [-0.2, -0.15) is 9.36 Å². The molecule has 0 atom stereocenters. The maximum atomic E-state index is 12.6. The molecule has 27 heavy (non-hydrogen) atoms. The number of Topliss-reactive ketones (excluding diaryl/α,β-unsaturated/α-hetero) is 1. The van der Waals surface area contributed by atoms with Crippen molar-refractivity contribution in [1.82, 2.24) is 28.9 Å². The molecule has 0 fully saturated rings. The summed E-state index contributed by atoms with van der Waals surface area (Å²) in [6, 6.07) is 6.48. The highest BCUT2D eigenvalue weighted by atomic mass is 35.5. The van der Waals surface area contributed by atoms with Crippen molar-refractivity contribution >= 4 is 23.2 Å². The van der Waals surface area contributed by atoms with E-state index >= 15 is 0 Å². The summed E-state index contributed by atoms with van der Waals surface area (Å²) >= 11 is 6.04. The van der Waals surface area contributed by atoms with Crippen molar-refractivity contribution in [2.45, 2.75) is 6.54 Å². The number of aromatic nitrogens is 6. The number of hydrogen-bond donors (Lipinski definition) is 1. The fourth-order valence-electron chi connectivity index (χ4n) is 2.49. The van der Waals surface area contributed by atoms with Gasteiger partial charge in [0.25, 0.3) is 5.56 Å². The molecule has 12 heteroatoms. The molecule has 0 spiro atoms. The molecule has 0 aliphatic heterocycles. The minimum atomic E-state index is -0.854. The number of rotatable bonds is 4. The maximum Gasteiger partial charge on any atom is 0.368 e. The number of nitrogen functional groups attached to an aromatic ring is 1. The summed E-state index contributed by atoms with van der Waals surface area (Å²) in [6.45, 7) is -0.582. The van der Waals surface area contributed by atoms with E-state index in [0.29, 0.717) is 5.69 Å². The molecule has 0 bridgehead atoms. The van der Waals surface area contributed by atoms with Crippen molar-refractivity contribution < 1.29 is 4.79 Å². The van der Waals surface area contributed by atoms with Gasteiger partial charge in [-0.15, -0.1) is 0 Å². The highest BCUT2D eigenvalue weighted by molar-refractivity contribution is 6.32. The molecule has 0 saturated carbocycles. The lowest BCUT2D eigenvalue weighted by atomic mass is 10.2. The molecule has 0 aliphatic carbocycles. The van der Waals surface area contributed by atoms with Gasteiger partial charge < -0.3 is 5.73 Å². The van der Waals surface area contributed by atoms with E-state index in [0.717, 1.165) is 18.5 Å². The van der Waals surface area contributed by atoms with E-state index < -0.39 is 34.8 Å². The van der Waals surface area contributed by atoms with Gasteiger partial charge >= 0.3 is 11.4 Å². The number of halogens is 1. The van der Waals surface area contributed by atoms with Crippen molar-refractivity contribution in [3.05, 3.63) is 66.2 Å². The zero-order valence-corrected chi connectivity index (χ0v) is 15.0. The Bertz CT molecular complexity index is 1230. The fraction of sp³-hybridized carbons (Fsp3) is 0.200. The summed E-state index contributed by atoms with van der Waals surface area (Å²) in [7, 11) is 2.55. The maximum absolute atomic E-state index is 12.6. The van der Waals surface area contributed by atoms with E-state index in [1.807, 2.05) is 0 Å². The number of anilines is 1. The summed E-state index contributed by atoms with van der Waals surface area (Å²) in [5.74, 6) is -1.07. The Morgan fingerprint density at radius 2 is 1.74 bits per heavy atom. The molecule has 11 nitrogen and oxygen atoms in total. The zero-order valence-electron chi connectivity index (χ0n) is 14.3. The van der Waals surface area contributed by atoms with E-state index in [2.05, 4.69) is 10.4 Å². The molecule has 3 rings (SSSR count). The molecular formula is C15H14ClN7O4. The van der Waals surface area contributed by atoms with Crippen LogP contribution in [0.3, 0.4) is 0 Å². The molecular weight excluding hydrogens is 378 g/mol. The number of ketones is 1. The fourth-order valence-corrected chi connectivity index (χ4v) is 2.70. The van der Waals surface area contributed by atoms with E-state index in [1.54, 1.807) is 24.3 Å². The predicted molar refractivity (Wildman–Crippen MR) is 96.3 cm³/mol. The predicted octanol–water partition coefficient (Wildman–Crippen LogP) is -1.06.